The van der Waals surface area contributed by atoms with E-state index < -0.39 is 11.7 Å². The van der Waals surface area contributed by atoms with Gasteiger partial charge in [0.05, 0.1) is 22.3 Å². The van der Waals surface area contributed by atoms with Crippen LogP contribution in [0.2, 0.25) is 0 Å². The van der Waals surface area contributed by atoms with E-state index in [-0.39, 0.29) is 0 Å². The molecule has 340 valence electrons. The van der Waals surface area contributed by atoms with Gasteiger partial charge in [0.15, 0.2) is 17.5 Å². The number of hydrogen-bond acceptors (Lipinski definition) is 3. The first kappa shape index (κ1) is 44.1. The van der Waals surface area contributed by atoms with Gasteiger partial charge in [-0.25, -0.2) is 15.0 Å². The van der Waals surface area contributed by atoms with E-state index in [4.69, 9.17) is 15.0 Å². The minimum atomic E-state index is -4.52. The number of halogens is 3. The normalized spacial score (nSPS) is 11.7. The van der Waals surface area contributed by atoms with Crippen molar-refractivity contribution in [3.05, 3.63) is 228 Å². The van der Waals surface area contributed by atoms with E-state index >= 15 is 0 Å². The highest BCUT2D eigenvalue weighted by Crippen LogP contribution is 2.46. The standard InChI is InChI=1S/C63H47F3N4/c1-38-16-18-43(19-17-38)53-36-51(62-68-60(45-12-8-6-9-13-45)67-61(69-62)46-14-10-7-11-15-46)37-54(44-20-24-52(25-21-44)63(64,65)66)59(53)70-57-26-22-47(49-30-39(2)28-40(3)31-49)34-55(57)56-35-48(23-27-58(56)70)50-32-41(4)29-42(5)33-50/h6-37H,1-5H3. The SMILES string of the molecule is Cc1ccc(-c2cc(-c3nc(-c4ccccc4)nc(-c4ccccc4)n3)cc(-c3ccc(C(F)(F)F)cc3)c2-n2c3ccc(-c4cc(C)cc(C)c4)cc3c3cc(-c4cc(C)cc(C)c4)ccc32)cc1. The number of alkyl halides is 3. The maximum atomic E-state index is 14.3. The van der Waals surface area contributed by atoms with Crippen LogP contribution in [-0.4, -0.2) is 19.5 Å². The second-order valence-corrected chi connectivity index (χ2v) is 18.5. The molecule has 2 aromatic heterocycles. The van der Waals surface area contributed by atoms with Gasteiger partial charge in [-0.3, -0.25) is 0 Å². The van der Waals surface area contributed by atoms with Gasteiger partial charge in [-0.15, -0.1) is 0 Å². The summed E-state index contributed by atoms with van der Waals surface area (Å²) < 4.78 is 45.2. The van der Waals surface area contributed by atoms with Gasteiger partial charge < -0.3 is 4.57 Å². The quantitative estimate of drug-likeness (QED) is 0.153. The Morgan fingerprint density at radius 2 is 0.714 bits per heavy atom. The van der Waals surface area contributed by atoms with Crippen LogP contribution in [0.25, 0.3) is 106 Å². The van der Waals surface area contributed by atoms with Crippen LogP contribution in [0.3, 0.4) is 0 Å². The molecule has 0 aliphatic carbocycles. The van der Waals surface area contributed by atoms with E-state index in [2.05, 4.69) is 142 Å². The fourth-order valence-electron chi connectivity index (χ4n) is 9.86. The minimum Gasteiger partial charge on any atom is -0.308 e. The lowest BCUT2D eigenvalue weighted by Crippen LogP contribution is -2.05. The van der Waals surface area contributed by atoms with Gasteiger partial charge in [-0.1, -0.05) is 173 Å². The van der Waals surface area contributed by atoms with Gasteiger partial charge >= 0.3 is 6.18 Å². The lowest BCUT2D eigenvalue weighted by molar-refractivity contribution is -0.137. The van der Waals surface area contributed by atoms with Gasteiger partial charge in [0.2, 0.25) is 0 Å². The summed E-state index contributed by atoms with van der Waals surface area (Å²) in [7, 11) is 0. The Bertz CT molecular complexity index is 3570. The molecule has 0 saturated carbocycles. The molecule has 0 unspecified atom stereocenters. The monoisotopic (exact) mass is 916 g/mol. The molecule has 11 rings (SSSR count). The molecule has 0 amide bonds. The van der Waals surface area contributed by atoms with Crippen LogP contribution in [0.4, 0.5) is 13.2 Å². The zero-order chi connectivity index (χ0) is 48.3. The summed E-state index contributed by atoms with van der Waals surface area (Å²) in [5.74, 6) is 1.44. The molecule has 7 heteroatoms. The van der Waals surface area contributed by atoms with Gasteiger partial charge in [0.25, 0.3) is 0 Å². The highest BCUT2D eigenvalue weighted by atomic mass is 19.4. The van der Waals surface area contributed by atoms with Crippen molar-refractivity contribution in [1.82, 2.24) is 19.5 Å². The van der Waals surface area contributed by atoms with Gasteiger partial charge in [0.1, 0.15) is 0 Å². The fraction of sp³-hybridized carbons (Fsp3) is 0.0952. The van der Waals surface area contributed by atoms with E-state index in [0.717, 1.165) is 77.6 Å². The number of nitrogens with zero attached hydrogens (tertiary/aromatic N) is 4. The predicted molar refractivity (Wildman–Crippen MR) is 281 cm³/mol. The topological polar surface area (TPSA) is 43.6 Å². The Balaban J connectivity index is 1.26. The van der Waals surface area contributed by atoms with Crippen molar-refractivity contribution in [1.29, 1.82) is 0 Å². The maximum absolute atomic E-state index is 14.3. The molecule has 0 atom stereocenters. The molecule has 0 saturated heterocycles. The first-order valence-corrected chi connectivity index (χ1v) is 23.4. The third kappa shape index (κ3) is 8.45. The minimum absolute atomic E-state index is 0.430. The Morgan fingerprint density at radius 3 is 1.13 bits per heavy atom. The third-order valence-electron chi connectivity index (χ3n) is 13.1. The molecule has 0 spiro atoms. The Hall–Kier alpha value is -8.42. The average molecular weight is 917 g/mol. The molecular weight excluding hydrogens is 870 g/mol. The van der Waals surface area contributed by atoms with Crippen LogP contribution >= 0.6 is 0 Å². The zero-order valence-electron chi connectivity index (χ0n) is 39.4. The summed E-state index contributed by atoms with van der Waals surface area (Å²) >= 11 is 0. The smallest absolute Gasteiger partial charge is 0.308 e. The van der Waals surface area contributed by atoms with Crippen molar-refractivity contribution in [2.45, 2.75) is 40.8 Å². The highest BCUT2D eigenvalue weighted by molar-refractivity contribution is 6.13. The van der Waals surface area contributed by atoms with Crippen molar-refractivity contribution in [2.24, 2.45) is 0 Å². The van der Waals surface area contributed by atoms with Crippen molar-refractivity contribution >= 4 is 21.8 Å². The van der Waals surface area contributed by atoms with Crippen LogP contribution in [-0.2, 0) is 6.18 Å². The summed E-state index contributed by atoms with van der Waals surface area (Å²) in [6.45, 7) is 10.6. The van der Waals surface area contributed by atoms with Crippen molar-refractivity contribution in [2.75, 3.05) is 0 Å². The zero-order valence-corrected chi connectivity index (χ0v) is 39.4. The maximum Gasteiger partial charge on any atom is 0.416 e. The van der Waals surface area contributed by atoms with E-state index in [1.807, 2.05) is 66.7 Å². The third-order valence-corrected chi connectivity index (χ3v) is 13.1. The lowest BCUT2D eigenvalue weighted by atomic mass is 9.91. The largest absolute Gasteiger partial charge is 0.416 e. The average Bonchev–Trinajstić information content (AvgIpc) is 3.68. The summed E-state index contributed by atoms with van der Waals surface area (Å²) in [6, 6.07) is 64.2. The molecule has 9 aromatic carbocycles. The van der Waals surface area contributed by atoms with Crippen LogP contribution in [0.15, 0.2) is 194 Å². The summed E-state index contributed by atoms with van der Waals surface area (Å²) in [4.78, 5) is 15.3. The van der Waals surface area contributed by atoms with Crippen molar-refractivity contribution in [3.63, 3.8) is 0 Å². The second kappa shape index (κ2) is 17.6. The van der Waals surface area contributed by atoms with Crippen LogP contribution < -0.4 is 0 Å². The Kier molecular flexibility index (Phi) is 11.1. The van der Waals surface area contributed by atoms with E-state index in [0.29, 0.717) is 34.2 Å². The number of benzene rings is 9. The first-order valence-electron chi connectivity index (χ1n) is 23.4. The predicted octanol–water partition coefficient (Wildman–Crippen LogP) is 17.2. The highest BCUT2D eigenvalue weighted by Gasteiger charge is 2.31. The number of aromatic nitrogens is 4. The fourth-order valence-corrected chi connectivity index (χ4v) is 9.86. The number of hydrogen-bond donors (Lipinski definition) is 0. The molecule has 4 nitrogen and oxygen atoms in total. The van der Waals surface area contributed by atoms with E-state index in [1.54, 1.807) is 12.1 Å². The molecule has 70 heavy (non-hydrogen) atoms. The van der Waals surface area contributed by atoms with Crippen molar-refractivity contribution < 1.29 is 13.2 Å². The first-order chi connectivity index (χ1) is 33.8. The van der Waals surface area contributed by atoms with E-state index in [1.165, 1.54) is 34.4 Å². The van der Waals surface area contributed by atoms with Crippen LogP contribution in [0.1, 0.15) is 33.4 Å². The molecule has 0 aliphatic heterocycles. The Morgan fingerprint density at radius 1 is 0.329 bits per heavy atom. The molecule has 11 aromatic rings. The Labute approximate surface area is 405 Å². The van der Waals surface area contributed by atoms with Crippen molar-refractivity contribution in [3.8, 4) is 84.4 Å². The molecule has 0 N–H and O–H groups in total. The number of fused-ring (bicyclic) bond motifs is 3. The van der Waals surface area contributed by atoms with Gasteiger partial charge in [0, 0.05) is 38.6 Å². The van der Waals surface area contributed by atoms with E-state index in [9.17, 15) is 13.2 Å². The molecule has 0 radical (unpaired) electrons. The molecule has 0 bridgehead atoms. The molecule has 2 heterocycles. The lowest BCUT2D eigenvalue weighted by Gasteiger charge is -2.21. The van der Waals surface area contributed by atoms with Crippen LogP contribution in [0, 0.1) is 34.6 Å². The van der Waals surface area contributed by atoms with Crippen LogP contribution in [0.5, 0.6) is 0 Å². The number of rotatable bonds is 8. The van der Waals surface area contributed by atoms with Gasteiger partial charge in [-0.05, 0) is 117 Å². The second-order valence-electron chi connectivity index (χ2n) is 18.5. The van der Waals surface area contributed by atoms with Gasteiger partial charge in [-0.2, -0.15) is 13.2 Å². The molecular formula is C63H47F3N4. The number of aryl methyl sites for hydroxylation is 5. The summed E-state index contributed by atoms with van der Waals surface area (Å²) in [5.41, 5.74) is 17.7. The molecule has 0 aliphatic rings. The summed E-state index contributed by atoms with van der Waals surface area (Å²) in [6.07, 6.45) is -4.52. The summed E-state index contributed by atoms with van der Waals surface area (Å²) in [5, 5.41) is 2.10. The molecule has 0 fully saturated rings.